The molecule has 4 aliphatic rings. The number of carbonyl (C=O) groups excluding carboxylic acids is 1. The van der Waals surface area contributed by atoms with Crippen molar-refractivity contribution >= 4 is 15.9 Å². The number of aryl methyl sites for hydroxylation is 2. The Morgan fingerprint density at radius 2 is 1.67 bits per heavy atom. The smallest absolute Gasteiger partial charge is 0.243 e. The van der Waals surface area contributed by atoms with Gasteiger partial charge in [-0.2, -0.15) is 4.31 Å². The molecule has 6 nitrogen and oxygen atoms in total. The summed E-state index contributed by atoms with van der Waals surface area (Å²) < 4.78 is 27.9. The van der Waals surface area contributed by atoms with Gasteiger partial charge in [-0.1, -0.05) is 6.07 Å². The van der Waals surface area contributed by atoms with Gasteiger partial charge in [0.05, 0.1) is 4.90 Å². The van der Waals surface area contributed by atoms with Crippen LogP contribution in [0, 0.1) is 5.92 Å². The Balaban J connectivity index is 1.16. The quantitative estimate of drug-likeness (QED) is 0.777. The Hall–Kier alpha value is -1.44. The summed E-state index contributed by atoms with van der Waals surface area (Å²) >= 11 is 0. The van der Waals surface area contributed by atoms with Gasteiger partial charge in [-0.3, -0.25) is 9.69 Å². The lowest BCUT2D eigenvalue weighted by atomic mass is 9.92. The van der Waals surface area contributed by atoms with Gasteiger partial charge in [-0.15, -0.1) is 0 Å². The number of piperidine rings is 1. The number of nitrogens with zero attached hydrogens (tertiary/aromatic N) is 2. The minimum absolute atomic E-state index is 0.0741. The lowest BCUT2D eigenvalue weighted by Gasteiger charge is -2.31. The first-order valence-electron chi connectivity index (χ1n) is 11.7. The van der Waals surface area contributed by atoms with Gasteiger partial charge in [0.2, 0.25) is 15.9 Å². The van der Waals surface area contributed by atoms with Gasteiger partial charge >= 0.3 is 0 Å². The van der Waals surface area contributed by atoms with Crippen molar-refractivity contribution in [1.82, 2.24) is 14.5 Å². The van der Waals surface area contributed by atoms with Crippen LogP contribution in [0.4, 0.5) is 0 Å². The van der Waals surface area contributed by atoms with E-state index < -0.39 is 10.0 Å². The molecule has 164 valence electrons. The number of likely N-dealkylation sites (tertiary alicyclic amines) is 1. The summed E-state index contributed by atoms with van der Waals surface area (Å²) in [7, 11) is -3.48. The van der Waals surface area contributed by atoms with E-state index in [0.717, 1.165) is 44.8 Å². The van der Waals surface area contributed by atoms with Crippen LogP contribution in [0.5, 0.6) is 0 Å². The van der Waals surface area contributed by atoms with E-state index in [1.54, 1.807) is 10.4 Å². The van der Waals surface area contributed by atoms with E-state index in [0.29, 0.717) is 30.8 Å². The summed E-state index contributed by atoms with van der Waals surface area (Å²) in [6, 6.07) is 6.66. The lowest BCUT2D eigenvalue weighted by Crippen LogP contribution is -2.46. The SMILES string of the molecule is O=C(NC1CCN(C2CC2)C1)C1CCN(S(=O)(=O)c2ccc3c(c2)CCCC3)CC1. The number of hydrogen-bond acceptors (Lipinski definition) is 4. The molecule has 3 fully saturated rings. The van der Waals surface area contributed by atoms with Crippen molar-refractivity contribution in [2.24, 2.45) is 5.92 Å². The van der Waals surface area contributed by atoms with Crippen LogP contribution in [-0.2, 0) is 27.7 Å². The molecule has 1 aromatic rings. The predicted octanol–water partition coefficient (Wildman–Crippen LogP) is 2.32. The molecule has 0 radical (unpaired) electrons. The second kappa shape index (κ2) is 8.24. The zero-order valence-corrected chi connectivity index (χ0v) is 18.5. The van der Waals surface area contributed by atoms with E-state index in [1.807, 2.05) is 12.1 Å². The van der Waals surface area contributed by atoms with E-state index in [2.05, 4.69) is 10.2 Å². The van der Waals surface area contributed by atoms with E-state index >= 15 is 0 Å². The van der Waals surface area contributed by atoms with Gasteiger partial charge in [-0.05, 0) is 81.0 Å². The molecule has 7 heteroatoms. The molecule has 0 bridgehead atoms. The first-order valence-corrected chi connectivity index (χ1v) is 13.1. The molecule has 1 amide bonds. The number of benzene rings is 1. The normalized spacial score (nSPS) is 26.5. The van der Waals surface area contributed by atoms with Crippen LogP contribution >= 0.6 is 0 Å². The first-order chi connectivity index (χ1) is 14.5. The van der Waals surface area contributed by atoms with Crippen LogP contribution in [0.3, 0.4) is 0 Å². The molecule has 2 aliphatic carbocycles. The molecular weight excluding hydrogens is 398 g/mol. The van der Waals surface area contributed by atoms with E-state index in [1.165, 1.54) is 30.4 Å². The van der Waals surface area contributed by atoms with Gasteiger partial charge < -0.3 is 5.32 Å². The van der Waals surface area contributed by atoms with Crippen LogP contribution in [-0.4, -0.2) is 61.8 Å². The third-order valence-electron chi connectivity index (χ3n) is 7.41. The van der Waals surface area contributed by atoms with E-state index in [-0.39, 0.29) is 17.9 Å². The maximum Gasteiger partial charge on any atom is 0.243 e. The molecule has 30 heavy (non-hydrogen) atoms. The van der Waals surface area contributed by atoms with Crippen molar-refractivity contribution in [3.63, 3.8) is 0 Å². The summed E-state index contributed by atoms with van der Waals surface area (Å²) in [5.74, 6) is 0.0402. The van der Waals surface area contributed by atoms with Crippen molar-refractivity contribution in [3.8, 4) is 0 Å². The molecule has 2 aliphatic heterocycles. The van der Waals surface area contributed by atoms with Crippen molar-refractivity contribution in [1.29, 1.82) is 0 Å². The molecule has 1 atom stereocenters. The Kier molecular flexibility index (Phi) is 5.62. The van der Waals surface area contributed by atoms with Crippen LogP contribution in [0.25, 0.3) is 0 Å². The van der Waals surface area contributed by atoms with Crippen molar-refractivity contribution in [3.05, 3.63) is 29.3 Å². The standard InChI is InChI=1S/C23H33N3O3S/c27-23(24-20-11-12-25(16-20)21-6-7-21)18-9-13-26(14-10-18)30(28,29)22-8-5-17-3-1-2-4-19(17)15-22/h5,8,15,18,20-21H,1-4,6-7,9-14,16H2,(H,24,27). The lowest BCUT2D eigenvalue weighted by molar-refractivity contribution is -0.126. The molecule has 2 saturated heterocycles. The van der Waals surface area contributed by atoms with Crippen molar-refractivity contribution in [2.45, 2.75) is 74.8 Å². The molecule has 2 heterocycles. The van der Waals surface area contributed by atoms with Crippen LogP contribution in [0.1, 0.15) is 56.1 Å². The topological polar surface area (TPSA) is 69.7 Å². The van der Waals surface area contributed by atoms with Crippen LogP contribution in [0.2, 0.25) is 0 Å². The highest BCUT2D eigenvalue weighted by atomic mass is 32.2. The third kappa shape index (κ3) is 4.16. The highest BCUT2D eigenvalue weighted by Crippen LogP contribution is 2.31. The van der Waals surface area contributed by atoms with Crippen LogP contribution < -0.4 is 5.32 Å². The number of rotatable bonds is 5. The number of hydrogen-bond donors (Lipinski definition) is 1. The highest BCUT2D eigenvalue weighted by Gasteiger charge is 2.37. The summed E-state index contributed by atoms with van der Waals surface area (Å²) in [6.07, 6.45) is 9.20. The average molecular weight is 432 g/mol. The molecular formula is C23H33N3O3S. The molecule has 1 aromatic carbocycles. The first kappa shape index (κ1) is 20.5. The van der Waals surface area contributed by atoms with E-state index in [4.69, 9.17) is 0 Å². The van der Waals surface area contributed by atoms with Gasteiger partial charge in [0.25, 0.3) is 0 Å². The van der Waals surface area contributed by atoms with Gasteiger partial charge in [0.1, 0.15) is 0 Å². The zero-order chi connectivity index (χ0) is 20.7. The van der Waals surface area contributed by atoms with Crippen molar-refractivity contribution < 1.29 is 13.2 Å². The molecule has 5 rings (SSSR count). The highest BCUT2D eigenvalue weighted by molar-refractivity contribution is 7.89. The number of fused-ring (bicyclic) bond motifs is 1. The second-order valence-electron chi connectivity index (χ2n) is 9.54. The molecule has 0 spiro atoms. The molecule has 1 N–H and O–H groups in total. The Bertz CT molecular complexity index is 904. The molecule has 1 unspecified atom stereocenters. The Morgan fingerprint density at radius 1 is 0.933 bits per heavy atom. The molecule has 0 aromatic heterocycles. The number of amides is 1. The summed E-state index contributed by atoms with van der Waals surface area (Å²) in [5, 5.41) is 3.23. The Morgan fingerprint density at radius 3 is 2.40 bits per heavy atom. The predicted molar refractivity (Wildman–Crippen MR) is 116 cm³/mol. The van der Waals surface area contributed by atoms with Gasteiger partial charge in [-0.25, -0.2) is 8.42 Å². The number of carbonyl (C=O) groups is 1. The second-order valence-corrected chi connectivity index (χ2v) is 11.5. The minimum Gasteiger partial charge on any atom is -0.352 e. The van der Waals surface area contributed by atoms with Crippen LogP contribution in [0.15, 0.2) is 23.1 Å². The van der Waals surface area contributed by atoms with Crippen molar-refractivity contribution in [2.75, 3.05) is 26.2 Å². The summed E-state index contributed by atoms with van der Waals surface area (Å²) in [4.78, 5) is 15.6. The monoisotopic (exact) mass is 431 g/mol. The fourth-order valence-electron chi connectivity index (χ4n) is 5.37. The van der Waals surface area contributed by atoms with Gasteiger partial charge in [0.15, 0.2) is 0 Å². The van der Waals surface area contributed by atoms with Gasteiger partial charge in [0, 0.05) is 44.2 Å². The number of nitrogens with one attached hydrogen (secondary N) is 1. The summed E-state index contributed by atoms with van der Waals surface area (Å²) in [5.41, 5.74) is 2.48. The minimum atomic E-state index is -3.48. The fraction of sp³-hybridized carbons (Fsp3) is 0.696. The third-order valence-corrected chi connectivity index (χ3v) is 9.31. The maximum atomic E-state index is 13.2. The largest absolute Gasteiger partial charge is 0.352 e. The Labute approximate surface area is 180 Å². The summed E-state index contributed by atoms with van der Waals surface area (Å²) in [6.45, 7) is 2.92. The maximum absolute atomic E-state index is 13.2. The van der Waals surface area contributed by atoms with E-state index in [9.17, 15) is 13.2 Å². The average Bonchev–Trinajstić information content (AvgIpc) is 3.52. The fourth-order valence-corrected chi connectivity index (χ4v) is 6.89. The number of sulfonamides is 1. The molecule has 1 saturated carbocycles. The zero-order valence-electron chi connectivity index (χ0n) is 17.7.